The highest BCUT2D eigenvalue weighted by Gasteiger charge is 2.23. The molecule has 0 spiro atoms. The Balaban J connectivity index is 1.29. The number of halogens is 1. The Hall–Kier alpha value is -4.32. The molecule has 4 aromatic carbocycles. The number of non-ortho nitro benzene ring substituents is 1. The zero-order chi connectivity index (χ0) is 28.8. The molecule has 1 unspecified atom stereocenters. The van der Waals surface area contributed by atoms with Crippen LogP contribution in [0.4, 0.5) is 16.5 Å². The Morgan fingerprint density at radius 1 is 0.902 bits per heavy atom. The molecule has 0 radical (unpaired) electrons. The van der Waals surface area contributed by atoms with Crippen molar-refractivity contribution in [3.8, 4) is 11.3 Å². The topological polar surface area (TPSA) is 114 Å². The average molecular weight is 646 g/mol. The minimum Gasteiger partial charge on any atom is -0.322 e. The average Bonchev–Trinajstić information content (AvgIpc) is 3.46. The molecule has 1 heterocycles. The summed E-state index contributed by atoms with van der Waals surface area (Å²) < 4.78 is 0.977. The van der Waals surface area contributed by atoms with Gasteiger partial charge in [-0.05, 0) is 48.0 Å². The van der Waals surface area contributed by atoms with Crippen molar-refractivity contribution in [1.82, 2.24) is 4.98 Å². The van der Waals surface area contributed by atoms with Crippen LogP contribution < -0.4 is 10.6 Å². The van der Waals surface area contributed by atoms with E-state index in [4.69, 9.17) is 0 Å². The predicted octanol–water partition coefficient (Wildman–Crippen LogP) is 8.21. The van der Waals surface area contributed by atoms with Gasteiger partial charge in [0.2, 0.25) is 5.91 Å². The zero-order valence-electron chi connectivity index (χ0n) is 21.2. The lowest BCUT2D eigenvalue weighted by atomic mass is 10.1. The molecule has 1 aromatic heterocycles. The van der Waals surface area contributed by atoms with E-state index < -0.39 is 16.1 Å². The lowest BCUT2D eigenvalue weighted by Crippen LogP contribution is -2.19. The van der Waals surface area contributed by atoms with Gasteiger partial charge in [0.1, 0.15) is 5.25 Å². The van der Waals surface area contributed by atoms with Crippen LogP contribution in [0.15, 0.2) is 118 Å². The van der Waals surface area contributed by atoms with Gasteiger partial charge in [-0.25, -0.2) is 4.98 Å². The van der Waals surface area contributed by atoms with Crippen LogP contribution in [0.2, 0.25) is 0 Å². The van der Waals surface area contributed by atoms with Gasteiger partial charge in [-0.3, -0.25) is 19.7 Å². The normalized spacial score (nSPS) is 11.4. The van der Waals surface area contributed by atoms with Crippen LogP contribution in [-0.4, -0.2) is 21.7 Å². The first-order valence-electron chi connectivity index (χ1n) is 12.3. The third-order valence-corrected chi connectivity index (χ3v) is 8.45. The zero-order valence-corrected chi connectivity index (χ0v) is 24.4. The molecule has 0 saturated heterocycles. The highest BCUT2D eigenvalue weighted by molar-refractivity contribution is 9.10. The number of aromatic nitrogens is 1. The lowest BCUT2D eigenvalue weighted by Gasteiger charge is -2.16. The molecule has 0 fully saturated rings. The monoisotopic (exact) mass is 644 g/mol. The van der Waals surface area contributed by atoms with Gasteiger partial charge in [-0.2, -0.15) is 0 Å². The van der Waals surface area contributed by atoms with Gasteiger partial charge in [0, 0.05) is 43.7 Å². The molecular formula is C30H21BrN4O4S2. The molecule has 0 aliphatic heterocycles. The first-order chi connectivity index (χ1) is 19.9. The number of carbonyl (C=O) groups is 2. The van der Waals surface area contributed by atoms with E-state index in [1.54, 1.807) is 12.1 Å². The second kappa shape index (κ2) is 12.9. The van der Waals surface area contributed by atoms with Crippen LogP contribution in [-0.2, 0) is 4.79 Å². The van der Waals surface area contributed by atoms with E-state index in [1.807, 2.05) is 72.1 Å². The van der Waals surface area contributed by atoms with Gasteiger partial charge >= 0.3 is 0 Å². The van der Waals surface area contributed by atoms with Crippen molar-refractivity contribution in [2.75, 3.05) is 10.6 Å². The van der Waals surface area contributed by atoms with E-state index in [1.165, 1.54) is 47.4 Å². The van der Waals surface area contributed by atoms with Crippen LogP contribution in [0.3, 0.4) is 0 Å². The first-order valence-corrected chi connectivity index (χ1v) is 14.8. The summed E-state index contributed by atoms with van der Waals surface area (Å²) in [5, 5.41) is 18.6. The highest BCUT2D eigenvalue weighted by Crippen LogP contribution is 2.37. The summed E-state index contributed by atoms with van der Waals surface area (Å²) in [6, 6.07) is 29.9. The molecule has 2 N–H and O–H groups in total. The number of amides is 2. The predicted molar refractivity (Wildman–Crippen MR) is 166 cm³/mol. The van der Waals surface area contributed by atoms with Gasteiger partial charge < -0.3 is 10.6 Å². The van der Waals surface area contributed by atoms with Crippen LogP contribution in [0.1, 0.15) is 21.2 Å². The van der Waals surface area contributed by atoms with Crippen molar-refractivity contribution in [1.29, 1.82) is 0 Å². The van der Waals surface area contributed by atoms with Gasteiger partial charge in [-0.15, -0.1) is 23.1 Å². The molecule has 1 atom stereocenters. The molecule has 5 aromatic rings. The van der Waals surface area contributed by atoms with Crippen LogP contribution in [0, 0.1) is 10.1 Å². The van der Waals surface area contributed by atoms with Crippen molar-refractivity contribution in [2.45, 2.75) is 10.1 Å². The molecule has 0 aliphatic carbocycles. The molecule has 41 heavy (non-hydrogen) atoms. The Bertz CT molecular complexity index is 1690. The smallest absolute Gasteiger partial charge is 0.270 e. The van der Waals surface area contributed by atoms with E-state index in [2.05, 4.69) is 31.5 Å². The summed E-state index contributed by atoms with van der Waals surface area (Å²) in [4.78, 5) is 42.0. The van der Waals surface area contributed by atoms with Gasteiger partial charge in [0.25, 0.3) is 11.6 Å². The molecule has 11 heteroatoms. The number of nitro groups is 1. The molecule has 8 nitrogen and oxygen atoms in total. The van der Waals surface area contributed by atoms with Crippen molar-refractivity contribution in [3.63, 3.8) is 0 Å². The minimum absolute atomic E-state index is 0.156. The molecular weight excluding hydrogens is 624 g/mol. The molecule has 0 saturated carbocycles. The molecule has 2 amide bonds. The Kier molecular flexibility index (Phi) is 8.88. The van der Waals surface area contributed by atoms with Crippen molar-refractivity contribution < 1.29 is 14.5 Å². The fourth-order valence-electron chi connectivity index (χ4n) is 3.87. The maximum Gasteiger partial charge on any atom is 0.270 e. The van der Waals surface area contributed by atoms with Crippen LogP contribution in [0.25, 0.3) is 11.3 Å². The lowest BCUT2D eigenvalue weighted by molar-refractivity contribution is -0.384. The number of nitrogens with zero attached hydrogens (tertiary/aromatic N) is 2. The number of thioether (sulfide) groups is 1. The van der Waals surface area contributed by atoms with Gasteiger partial charge in [-0.1, -0.05) is 64.5 Å². The summed E-state index contributed by atoms with van der Waals surface area (Å²) in [5.74, 6) is -0.664. The number of rotatable bonds is 9. The third-order valence-electron chi connectivity index (χ3n) is 5.90. The summed E-state index contributed by atoms with van der Waals surface area (Å²) in [5.41, 5.74) is 3.12. The largest absolute Gasteiger partial charge is 0.322 e. The Labute approximate surface area is 252 Å². The minimum atomic E-state index is -0.554. The molecule has 204 valence electrons. The SMILES string of the molecule is O=C(Nc1ccc(SC(C(=O)Nc2nc(-c3ccc(Br)cc3)cs2)c2ccccc2)cc1)c1cccc([N+](=O)[O-])c1. The van der Waals surface area contributed by atoms with Gasteiger partial charge in [0.15, 0.2) is 5.13 Å². The number of hydrogen-bond donors (Lipinski definition) is 2. The van der Waals surface area contributed by atoms with Crippen molar-refractivity contribution >= 4 is 67.3 Å². The summed E-state index contributed by atoms with van der Waals surface area (Å²) in [7, 11) is 0. The maximum absolute atomic E-state index is 13.5. The summed E-state index contributed by atoms with van der Waals surface area (Å²) in [6.45, 7) is 0. The number of hydrogen-bond acceptors (Lipinski definition) is 7. The summed E-state index contributed by atoms with van der Waals surface area (Å²) in [6.07, 6.45) is 0. The van der Waals surface area contributed by atoms with Crippen LogP contribution >= 0.6 is 39.0 Å². The van der Waals surface area contributed by atoms with Gasteiger partial charge in [0.05, 0.1) is 10.6 Å². The quantitative estimate of drug-likeness (QED) is 0.0949. The maximum atomic E-state index is 13.5. The number of carbonyl (C=O) groups excluding carboxylic acids is 2. The number of benzene rings is 4. The van der Waals surface area contributed by atoms with Crippen molar-refractivity contribution in [2.24, 2.45) is 0 Å². The number of thiazole rings is 1. The standard InChI is InChI=1S/C30H21BrN4O4S2/c31-22-11-9-19(10-12-22)26-18-40-30(33-26)34-29(37)27(20-5-2-1-3-6-20)41-25-15-13-23(14-16-25)32-28(36)21-7-4-8-24(17-21)35(38)39/h1-18,27H,(H,32,36)(H,33,34,37). The fourth-order valence-corrected chi connectivity index (χ4v) is 5.88. The highest BCUT2D eigenvalue weighted by atomic mass is 79.9. The summed E-state index contributed by atoms with van der Waals surface area (Å²) >= 11 is 6.17. The van der Waals surface area contributed by atoms with Crippen molar-refractivity contribution in [3.05, 3.63) is 134 Å². The molecule has 0 aliphatic rings. The number of anilines is 2. The molecule has 5 rings (SSSR count). The van der Waals surface area contributed by atoms with E-state index in [9.17, 15) is 19.7 Å². The third kappa shape index (κ3) is 7.26. The second-order valence-electron chi connectivity index (χ2n) is 8.73. The van der Waals surface area contributed by atoms with E-state index in [-0.39, 0.29) is 17.2 Å². The number of nitrogens with one attached hydrogen (secondary N) is 2. The Morgan fingerprint density at radius 2 is 1.63 bits per heavy atom. The van der Waals surface area contributed by atoms with E-state index >= 15 is 0 Å². The van der Waals surface area contributed by atoms with E-state index in [0.29, 0.717) is 10.8 Å². The first kappa shape index (κ1) is 28.2. The number of nitro benzene ring substituents is 1. The van der Waals surface area contributed by atoms with E-state index in [0.717, 1.165) is 26.2 Å². The van der Waals surface area contributed by atoms with Crippen LogP contribution in [0.5, 0.6) is 0 Å². The second-order valence-corrected chi connectivity index (χ2v) is 11.7. The molecule has 0 bridgehead atoms. The fraction of sp³-hybridized carbons (Fsp3) is 0.0333. The Morgan fingerprint density at radius 3 is 2.34 bits per heavy atom.